The summed E-state index contributed by atoms with van der Waals surface area (Å²) in [5.74, 6) is 2.27. The minimum absolute atomic E-state index is 0.111. The van der Waals surface area contributed by atoms with Gasteiger partial charge in [0, 0.05) is 40.6 Å². The Balaban J connectivity index is 1.54. The van der Waals surface area contributed by atoms with Crippen molar-refractivity contribution >= 4 is 35.9 Å². The fourth-order valence-electron chi connectivity index (χ4n) is 3.95. The van der Waals surface area contributed by atoms with Gasteiger partial charge in [-0.1, -0.05) is 24.2 Å². The third-order valence-corrected chi connectivity index (χ3v) is 5.41. The number of nitrogens with zero attached hydrogens (tertiary/aromatic N) is 4. The van der Waals surface area contributed by atoms with Crippen molar-refractivity contribution in [3.63, 3.8) is 0 Å². The van der Waals surface area contributed by atoms with Gasteiger partial charge in [-0.05, 0) is 45.2 Å². The van der Waals surface area contributed by atoms with Crippen LogP contribution in [0.3, 0.4) is 0 Å². The first kappa shape index (κ1) is 16.1. The van der Waals surface area contributed by atoms with E-state index in [1.807, 2.05) is 19.1 Å². The van der Waals surface area contributed by atoms with Crippen LogP contribution in [-0.2, 0) is 0 Å². The van der Waals surface area contributed by atoms with Gasteiger partial charge < -0.3 is 18.9 Å². The van der Waals surface area contributed by atoms with Gasteiger partial charge in [-0.15, -0.1) is 0 Å². The minimum Gasteiger partial charge on any atom is -0.436 e. The molecule has 1 aromatic carbocycles. The Morgan fingerprint density at radius 2 is 1.89 bits per heavy atom. The Hall–Kier alpha value is -3.15. The van der Waals surface area contributed by atoms with Crippen LogP contribution in [0.2, 0.25) is 0 Å². The quantitative estimate of drug-likeness (QED) is 0.659. The van der Waals surface area contributed by atoms with Crippen molar-refractivity contribution in [2.75, 3.05) is 11.9 Å². The number of fused-ring (bicyclic) bond motifs is 3. The molecule has 5 rings (SSSR count). The molecule has 0 saturated heterocycles. The van der Waals surface area contributed by atoms with E-state index in [9.17, 15) is 0 Å². The molecule has 0 amide bonds. The molecule has 4 heterocycles. The van der Waals surface area contributed by atoms with Gasteiger partial charge in [-0.25, -0.2) is 4.98 Å². The van der Waals surface area contributed by atoms with Gasteiger partial charge in [0.2, 0.25) is 5.71 Å². The van der Waals surface area contributed by atoms with E-state index in [-0.39, 0.29) is 13.1 Å². The largest absolute Gasteiger partial charge is 0.436 e. The van der Waals surface area contributed by atoms with Gasteiger partial charge in [0.15, 0.2) is 5.42 Å². The third kappa shape index (κ3) is 2.52. The van der Waals surface area contributed by atoms with Crippen LogP contribution in [-0.4, -0.2) is 34.8 Å². The third-order valence-electron chi connectivity index (χ3n) is 5.41. The first-order valence-electron chi connectivity index (χ1n) is 9.23. The maximum Gasteiger partial charge on any atom is 0.405 e. The van der Waals surface area contributed by atoms with Gasteiger partial charge in [0.1, 0.15) is 0 Å². The summed E-state index contributed by atoms with van der Waals surface area (Å²) in [4.78, 5) is 11.4. The zero-order valence-corrected chi connectivity index (χ0v) is 15.7. The van der Waals surface area contributed by atoms with Crippen LogP contribution in [0.1, 0.15) is 12.6 Å². The van der Waals surface area contributed by atoms with Crippen molar-refractivity contribution in [1.82, 2.24) is 14.6 Å². The van der Waals surface area contributed by atoms with Crippen molar-refractivity contribution in [2.45, 2.75) is 20.0 Å². The Kier molecular flexibility index (Phi) is 3.54. The van der Waals surface area contributed by atoms with Crippen LogP contribution in [0.5, 0.6) is 0 Å². The van der Waals surface area contributed by atoms with Gasteiger partial charge in [-0.2, -0.15) is 0 Å². The van der Waals surface area contributed by atoms with Crippen LogP contribution in [0.25, 0.3) is 23.3 Å². The molecule has 2 aromatic heterocycles. The molecule has 0 saturated carbocycles. The Bertz CT molecular complexity index is 1150. The average Bonchev–Trinajstić information content (AvgIpc) is 3.21. The summed E-state index contributed by atoms with van der Waals surface area (Å²) in [5, 5.41) is 2.19. The number of benzene rings is 1. The van der Waals surface area contributed by atoms with Crippen LogP contribution < -0.4 is 15.5 Å². The lowest BCUT2D eigenvalue weighted by molar-refractivity contribution is 0.450. The molecular formula is C21H21BN4O. The highest BCUT2D eigenvalue weighted by Crippen LogP contribution is 2.26. The molecular weight excluding hydrogens is 335 g/mol. The number of anilines is 1. The molecule has 6 heteroatoms. The second-order valence-electron chi connectivity index (χ2n) is 7.18. The summed E-state index contributed by atoms with van der Waals surface area (Å²) < 4.78 is 5.98. The zero-order chi connectivity index (χ0) is 18.5. The topological polar surface area (TPSA) is 35.8 Å². The van der Waals surface area contributed by atoms with Gasteiger partial charge >= 0.3 is 6.98 Å². The number of aromatic nitrogens is 1. The van der Waals surface area contributed by atoms with Crippen molar-refractivity contribution in [2.24, 2.45) is 0 Å². The van der Waals surface area contributed by atoms with Gasteiger partial charge in [-0.3, -0.25) is 0 Å². The van der Waals surface area contributed by atoms with Crippen LogP contribution >= 0.6 is 0 Å². The van der Waals surface area contributed by atoms with Crippen molar-refractivity contribution in [3.8, 4) is 0 Å². The summed E-state index contributed by atoms with van der Waals surface area (Å²) in [6, 6.07) is 14.6. The molecule has 1 atom stereocenters. The predicted molar refractivity (Wildman–Crippen MR) is 110 cm³/mol. The average molecular weight is 356 g/mol. The Labute approximate surface area is 158 Å². The van der Waals surface area contributed by atoms with E-state index >= 15 is 0 Å². The molecule has 0 bridgehead atoms. The maximum absolute atomic E-state index is 5.98. The molecule has 0 fully saturated rings. The number of hydrogen-bond donors (Lipinski definition) is 0. The first-order chi connectivity index (χ1) is 13.1. The zero-order valence-electron chi connectivity index (χ0n) is 15.7. The molecule has 134 valence electrons. The highest BCUT2D eigenvalue weighted by Gasteiger charge is 2.34. The minimum atomic E-state index is 0.111. The number of para-hydroxylation sites is 1. The molecule has 5 nitrogen and oxygen atoms in total. The van der Waals surface area contributed by atoms with Crippen molar-refractivity contribution in [3.05, 3.63) is 71.2 Å². The monoisotopic (exact) mass is 356 g/mol. The van der Waals surface area contributed by atoms with Gasteiger partial charge in [0.05, 0.1) is 6.17 Å². The van der Waals surface area contributed by atoms with E-state index < -0.39 is 0 Å². The second-order valence-corrected chi connectivity index (χ2v) is 7.18. The van der Waals surface area contributed by atoms with E-state index in [4.69, 9.17) is 4.42 Å². The molecule has 0 radical (unpaired) electrons. The number of pyridine rings is 1. The number of rotatable bonds is 2. The smallest absolute Gasteiger partial charge is 0.405 e. The standard InChI is InChI=1S/C21H21BN4O/c1-15-9-10-18-19-13-22(24(3)14-20(19)27-21(18)23-15)26-12-11-25(16(26)2)17-7-5-4-6-8-17/h4-14,16H,1-3H3/t16-/m0/s1. The van der Waals surface area contributed by atoms with E-state index in [0.717, 1.165) is 21.7 Å². The number of hydrogen-bond acceptors (Lipinski definition) is 5. The number of furan rings is 1. The van der Waals surface area contributed by atoms with Gasteiger partial charge in [0.25, 0.3) is 0 Å². The van der Waals surface area contributed by atoms with Crippen molar-refractivity contribution in [1.29, 1.82) is 0 Å². The molecule has 2 aliphatic heterocycles. The highest BCUT2D eigenvalue weighted by atomic mass is 16.3. The molecule has 0 aliphatic carbocycles. The summed E-state index contributed by atoms with van der Waals surface area (Å²) in [6.07, 6.45) is 6.60. The molecule has 0 spiro atoms. The van der Waals surface area contributed by atoms with E-state index in [1.165, 1.54) is 5.69 Å². The second kappa shape index (κ2) is 5.94. The number of aryl methyl sites for hydroxylation is 1. The SMILES string of the molecule is Cc1ccc2c3c(oc2n1)=CN(C)B(N1C=CN(c2ccccc2)[C@@H]1C)C=3. The summed E-state index contributed by atoms with van der Waals surface area (Å²) >= 11 is 0. The van der Waals surface area contributed by atoms with E-state index in [2.05, 4.69) is 88.4 Å². The fourth-order valence-corrected chi connectivity index (χ4v) is 3.95. The predicted octanol–water partition coefficient (Wildman–Crippen LogP) is 2.27. The lowest BCUT2D eigenvalue weighted by atomic mass is 9.70. The normalized spacial score (nSPS) is 18.7. The lowest BCUT2D eigenvalue weighted by Crippen LogP contribution is -2.54. The summed E-state index contributed by atoms with van der Waals surface area (Å²) in [6.45, 7) is 4.32. The first-order valence-corrected chi connectivity index (χ1v) is 9.23. The molecule has 3 aromatic rings. The fraction of sp³-hybridized carbons (Fsp3) is 0.190. The Morgan fingerprint density at radius 1 is 1.07 bits per heavy atom. The van der Waals surface area contributed by atoms with Crippen LogP contribution in [0.4, 0.5) is 5.69 Å². The lowest BCUT2D eigenvalue weighted by Gasteiger charge is -2.36. The molecule has 0 unspecified atom stereocenters. The van der Waals surface area contributed by atoms with E-state index in [0.29, 0.717) is 5.71 Å². The van der Waals surface area contributed by atoms with E-state index in [1.54, 1.807) is 0 Å². The summed E-state index contributed by atoms with van der Waals surface area (Å²) in [5.41, 5.74) is 3.74. The molecule has 0 N–H and O–H groups in total. The molecule has 2 aliphatic rings. The van der Waals surface area contributed by atoms with Crippen LogP contribution in [0.15, 0.2) is 59.3 Å². The van der Waals surface area contributed by atoms with Crippen molar-refractivity contribution < 1.29 is 4.42 Å². The summed E-state index contributed by atoms with van der Waals surface area (Å²) in [7, 11) is 2.09. The highest BCUT2D eigenvalue weighted by molar-refractivity contribution is 6.69. The Morgan fingerprint density at radius 3 is 2.70 bits per heavy atom. The maximum atomic E-state index is 5.98. The van der Waals surface area contributed by atoms with Crippen LogP contribution in [0, 0.1) is 6.92 Å². The molecule has 27 heavy (non-hydrogen) atoms.